The molecule has 4 aromatic carbocycles. The lowest BCUT2D eigenvalue weighted by Crippen LogP contribution is -2.28. The van der Waals surface area contributed by atoms with Crippen LogP contribution >= 0.6 is 14.5 Å². The van der Waals surface area contributed by atoms with Crippen LogP contribution in [-0.2, 0) is 0 Å². The van der Waals surface area contributed by atoms with Crippen molar-refractivity contribution in [3.05, 3.63) is 121 Å². The van der Waals surface area contributed by atoms with Gasteiger partial charge in [0.1, 0.15) is 0 Å². The molecule has 0 atom stereocenters. The maximum atomic E-state index is 2.47. The third-order valence-electron chi connectivity index (χ3n) is 11.6. The van der Waals surface area contributed by atoms with Crippen LogP contribution in [0.2, 0.25) is 0 Å². The van der Waals surface area contributed by atoms with E-state index in [1.165, 1.54) is 153 Å². The van der Waals surface area contributed by atoms with Gasteiger partial charge in [0.25, 0.3) is 0 Å². The minimum atomic E-state index is -1.47. The van der Waals surface area contributed by atoms with Crippen LogP contribution in [0.4, 0.5) is 0 Å². The first-order valence-electron chi connectivity index (χ1n) is 21.7. The van der Waals surface area contributed by atoms with Crippen molar-refractivity contribution in [3.63, 3.8) is 0 Å². The highest BCUT2D eigenvalue weighted by atomic mass is 31.2. The van der Waals surface area contributed by atoms with Crippen LogP contribution in [0.25, 0.3) is 0 Å². The molecular weight excluding hydrogens is 662 g/mol. The maximum Gasteiger partial charge on any atom is 0.0991 e. The van der Waals surface area contributed by atoms with Gasteiger partial charge in [-0.25, -0.2) is 0 Å². The van der Waals surface area contributed by atoms with Gasteiger partial charge in [-0.05, 0) is 99.9 Å². The van der Waals surface area contributed by atoms with Crippen molar-refractivity contribution in [1.82, 2.24) is 0 Å². The number of hydrogen-bond acceptors (Lipinski definition) is 0. The largest absolute Gasteiger partial charge is 0.0991 e. The quantitative estimate of drug-likeness (QED) is 0.0385. The average Bonchev–Trinajstić information content (AvgIpc) is 3.21. The summed E-state index contributed by atoms with van der Waals surface area (Å²) in [7, 11) is -2.94. The van der Waals surface area contributed by atoms with E-state index >= 15 is 0 Å². The summed E-state index contributed by atoms with van der Waals surface area (Å²) in [4.78, 5) is 0. The van der Waals surface area contributed by atoms with Gasteiger partial charge in [0.05, 0.1) is 60.4 Å². The molecule has 4 rings (SSSR count). The zero-order valence-corrected chi connectivity index (χ0v) is 35.2. The fourth-order valence-electron chi connectivity index (χ4n) is 8.56. The molecule has 0 nitrogen and oxygen atoms in total. The van der Waals surface area contributed by atoms with Crippen molar-refractivity contribution in [2.75, 3.05) is 24.6 Å². The average molecular weight is 737 g/mol. The minimum absolute atomic E-state index is 1.34. The minimum Gasteiger partial charge on any atom is -0.0654 e. The Balaban J connectivity index is 1.42. The first-order valence-corrected chi connectivity index (χ1v) is 26.0. The Morgan fingerprint density at radius 1 is 0.250 bits per heavy atom. The Morgan fingerprint density at radius 2 is 0.442 bits per heavy atom. The second kappa shape index (κ2) is 25.7. The number of hydrogen-bond donors (Lipinski definition) is 0. The fraction of sp³-hybridized carbons (Fsp3) is 0.520. The van der Waals surface area contributed by atoms with Gasteiger partial charge in [-0.15, -0.1) is 0 Å². The summed E-state index contributed by atoms with van der Waals surface area (Å²) in [6.07, 6.45) is 33.1. The molecule has 0 amide bonds. The van der Waals surface area contributed by atoms with Gasteiger partial charge in [0.15, 0.2) is 0 Å². The molecule has 0 aromatic heterocycles. The van der Waals surface area contributed by atoms with Crippen LogP contribution in [0, 0.1) is 0 Å². The van der Waals surface area contributed by atoms with Crippen LogP contribution in [0.5, 0.6) is 0 Å². The molecule has 282 valence electrons. The molecule has 0 aliphatic carbocycles. The second-order valence-corrected chi connectivity index (χ2v) is 23.3. The predicted octanol–water partition coefficient (Wildman–Crippen LogP) is 14.2. The molecule has 4 aromatic rings. The molecule has 0 fully saturated rings. The van der Waals surface area contributed by atoms with E-state index in [0.29, 0.717) is 0 Å². The van der Waals surface area contributed by atoms with E-state index in [-0.39, 0.29) is 0 Å². The summed E-state index contributed by atoms with van der Waals surface area (Å²) in [6.45, 7) is 4.64. The molecule has 2 heteroatoms. The van der Waals surface area contributed by atoms with Crippen molar-refractivity contribution in [2.45, 2.75) is 142 Å². The third kappa shape index (κ3) is 13.9. The van der Waals surface area contributed by atoms with Gasteiger partial charge < -0.3 is 0 Å². The summed E-state index contributed by atoms with van der Waals surface area (Å²) in [6, 6.07) is 46.9. The van der Waals surface area contributed by atoms with Gasteiger partial charge in [-0.3, -0.25) is 0 Å². The predicted molar refractivity (Wildman–Crippen MR) is 241 cm³/mol. The van der Waals surface area contributed by atoms with Crippen LogP contribution in [0.15, 0.2) is 121 Å². The lowest BCUT2D eigenvalue weighted by Gasteiger charge is -2.29. The Kier molecular flexibility index (Phi) is 21.0. The van der Waals surface area contributed by atoms with Gasteiger partial charge in [-0.2, -0.15) is 0 Å². The van der Waals surface area contributed by atoms with Crippen molar-refractivity contribution >= 4 is 35.7 Å². The van der Waals surface area contributed by atoms with E-state index in [1.54, 1.807) is 21.2 Å². The van der Waals surface area contributed by atoms with Crippen LogP contribution in [0.3, 0.4) is 0 Å². The summed E-state index contributed by atoms with van der Waals surface area (Å²) in [5.41, 5.74) is 0. The summed E-state index contributed by atoms with van der Waals surface area (Å²) < 4.78 is 0. The standard InChI is InChI=1S/C50H74P2/c1-3-5-7-9-11-13-15-31-43-51(47-35-23-19-24-36-47,48-37-25-20-26-38-48)45-33-17-18-34-46-52(49-39-27-21-28-40-49,50-41-29-22-30-42-50)44-32-16-14-12-10-8-6-4-2/h19-30,35-42H,3-18,31-34,43-46H2,1-2H3/q+2. The van der Waals surface area contributed by atoms with Crippen LogP contribution in [0.1, 0.15) is 142 Å². The maximum absolute atomic E-state index is 2.47. The second-order valence-electron chi connectivity index (χ2n) is 15.5. The molecule has 0 radical (unpaired) electrons. The van der Waals surface area contributed by atoms with Gasteiger partial charge >= 0.3 is 0 Å². The topological polar surface area (TPSA) is 0 Å². The molecule has 0 heterocycles. The van der Waals surface area contributed by atoms with Gasteiger partial charge in [0, 0.05) is 0 Å². The van der Waals surface area contributed by atoms with E-state index in [1.807, 2.05) is 0 Å². The molecule has 52 heavy (non-hydrogen) atoms. The van der Waals surface area contributed by atoms with E-state index in [4.69, 9.17) is 0 Å². The number of unbranched alkanes of at least 4 members (excludes halogenated alkanes) is 17. The number of benzene rings is 4. The van der Waals surface area contributed by atoms with Gasteiger partial charge in [-0.1, -0.05) is 164 Å². The summed E-state index contributed by atoms with van der Waals surface area (Å²) in [5, 5.41) is 6.53. The van der Waals surface area contributed by atoms with Gasteiger partial charge in [0.2, 0.25) is 0 Å². The molecule has 0 saturated carbocycles. The molecule has 0 aliphatic rings. The highest BCUT2D eigenvalue weighted by molar-refractivity contribution is 7.90. The molecule has 0 N–H and O–H groups in total. The molecule has 0 saturated heterocycles. The monoisotopic (exact) mass is 737 g/mol. The number of rotatable bonds is 29. The highest BCUT2D eigenvalue weighted by Gasteiger charge is 2.43. The summed E-state index contributed by atoms with van der Waals surface area (Å²) in [5.74, 6) is 0. The highest BCUT2D eigenvalue weighted by Crippen LogP contribution is 2.59. The van der Waals surface area contributed by atoms with Crippen molar-refractivity contribution in [1.29, 1.82) is 0 Å². The van der Waals surface area contributed by atoms with E-state index in [2.05, 4.69) is 135 Å². The molecule has 0 spiro atoms. The zero-order chi connectivity index (χ0) is 36.4. The van der Waals surface area contributed by atoms with Crippen molar-refractivity contribution in [2.24, 2.45) is 0 Å². The van der Waals surface area contributed by atoms with E-state index in [9.17, 15) is 0 Å². The third-order valence-corrected chi connectivity index (χ3v) is 21.1. The first-order chi connectivity index (χ1) is 25.7. The lowest BCUT2D eigenvalue weighted by molar-refractivity contribution is 0.585. The molecule has 0 bridgehead atoms. The summed E-state index contributed by atoms with van der Waals surface area (Å²) >= 11 is 0. The Hall–Kier alpha value is -2.26. The lowest BCUT2D eigenvalue weighted by atomic mass is 10.1. The first kappa shape index (κ1) is 42.5. The smallest absolute Gasteiger partial charge is 0.0654 e. The Bertz CT molecular complexity index is 1210. The van der Waals surface area contributed by atoms with Crippen LogP contribution < -0.4 is 21.2 Å². The normalized spacial score (nSPS) is 12.0. The molecule has 0 unspecified atom stereocenters. The van der Waals surface area contributed by atoms with Crippen molar-refractivity contribution in [3.8, 4) is 0 Å². The SMILES string of the molecule is CCCCCCCCCC[P+](CCCCCC[P+](CCCCCCCCCC)(c1ccccc1)c1ccccc1)(c1ccccc1)c1ccccc1. The van der Waals surface area contributed by atoms with Crippen LogP contribution in [-0.4, -0.2) is 24.6 Å². The molecule has 0 aliphatic heterocycles. The van der Waals surface area contributed by atoms with E-state index in [0.717, 1.165) is 0 Å². The Morgan fingerprint density at radius 3 is 0.654 bits per heavy atom. The fourth-order valence-corrected chi connectivity index (χ4v) is 17.7. The Labute approximate surface area is 322 Å². The van der Waals surface area contributed by atoms with E-state index < -0.39 is 14.5 Å². The zero-order valence-electron chi connectivity index (χ0n) is 33.4. The van der Waals surface area contributed by atoms with Crippen molar-refractivity contribution < 1.29 is 0 Å². The molecular formula is C50H74P2+2.